The molecule has 0 aliphatic heterocycles. The fraction of sp³-hybridized carbons (Fsp3) is 0.286. The van der Waals surface area contributed by atoms with E-state index in [1.807, 2.05) is 0 Å². The lowest BCUT2D eigenvalue weighted by molar-refractivity contribution is -0.138. The smallest absolute Gasteiger partial charge is 0.330 e. The van der Waals surface area contributed by atoms with Gasteiger partial charge in [-0.3, -0.25) is 0 Å². The molecule has 0 aromatic rings. The topological polar surface area (TPSA) is 52.6 Å². The Balaban J connectivity index is 3.88. The molecule has 0 saturated carbocycles. The van der Waals surface area contributed by atoms with Crippen molar-refractivity contribution in [1.82, 2.24) is 0 Å². The standard InChI is InChI=1S/C14H18O4/c1-3-17-13(15)11-9-7-5-6-8-10-12-14(16)18-4-2/h5-12H,3-4H2,1-2H3/b7-5+,8-6+,11-9-,12-10+. The summed E-state index contributed by atoms with van der Waals surface area (Å²) in [7, 11) is 0. The van der Waals surface area contributed by atoms with E-state index in [0.29, 0.717) is 13.2 Å². The Labute approximate surface area is 107 Å². The van der Waals surface area contributed by atoms with Crippen LogP contribution >= 0.6 is 0 Å². The van der Waals surface area contributed by atoms with E-state index in [2.05, 4.69) is 0 Å². The molecular formula is C14H18O4. The van der Waals surface area contributed by atoms with Gasteiger partial charge >= 0.3 is 11.9 Å². The van der Waals surface area contributed by atoms with Gasteiger partial charge in [0.25, 0.3) is 0 Å². The molecule has 98 valence electrons. The van der Waals surface area contributed by atoms with E-state index in [-0.39, 0.29) is 11.9 Å². The summed E-state index contributed by atoms with van der Waals surface area (Å²) in [5.74, 6) is -0.735. The number of hydrogen-bond acceptors (Lipinski definition) is 4. The lowest BCUT2D eigenvalue weighted by Gasteiger charge is -1.92. The van der Waals surface area contributed by atoms with E-state index in [1.165, 1.54) is 12.2 Å². The highest BCUT2D eigenvalue weighted by Gasteiger charge is 1.90. The number of ether oxygens (including phenoxy) is 2. The number of allylic oxidation sites excluding steroid dienone is 6. The molecule has 0 N–H and O–H groups in total. The molecule has 0 heterocycles. The van der Waals surface area contributed by atoms with Crippen LogP contribution in [0.1, 0.15) is 13.8 Å². The molecule has 0 spiro atoms. The maximum absolute atomic E-state index is 10.9. The Morgan fingerprint density at radius 1 is 0.722 bits per heavy atom. The van der Waals surface area contributed by atoms with Crippen LogP contribution in [0.5, 0.6) is 0 Å². The summed E-state index contributed by atoms with van der Waals surface area (Å²) in [5, 5.41) is 0. The van der Waals surface area contributed by atoms with Gasteiger partial charge in [-0.25, -0.2) is 9.59 Å². The maximum atomic E-state index is 10.9. The summed E-state index contributed by atoms with van der Waals surface area (Å²) >= 11 is 0. The Bertz CT molecular complexity index is 326. The SMILES string of the molecule is CCOC(=O)\C=C/C=C/C=C/C=C/C(=O)OCC. The highest BCUT2D eigenvalue weighted by atomic mass is 16.5. The summed E-state index contributed by atoms with van der Waals surface area (Å²) in [6.07, 6.45) is 12.7. The van der Waals surface area contributed by atoms with E-state index >= 15 is 0 Å². The molecule has 0 aromatic heterocycles. The summed E-state index contributed by atoms with van der Waals surface area (Å²) in [6.45, 7) is 4.23. The maximum Gasteiger partial charge on any atom is 0.330 e. The fourth-order valence-electron chi connectivity index (χ4n) is 0.906. The molecular weight excluding hydrogens is 232 g/mol. The molecule has 0 aliphatic rings. The molecule has 0 amide bonds. The monoisotopic (exact) mass is 250 g/mol. The van der Waals surface area contributed by atoms with Crippen molar-refractivity contribution >= 4 is 11.9 Å². The lowest BCUT2D eigenvalue weighted by Crippen LogP contribution is -1.98. The van der Waals surface area contributed by atoms with Crippen molar-refractivity contribution in [2.24, 2.45) is 0 Å². The first kappa shape index (κ1) is 15.9. The molecule has 4 nitrogen and oxygen atoms in total. The van der Waals surface area contributed by atoms with Gasteiger partial charge in [-0.15, -0.1) is 0 Å². The van der Waals surface area contributed by atoms with Gasteiger partial charge in [0.1, 0.15) is 0 Å². The predicted octanol–water partition coefficient (Wildman–Crippen LogP) is 2.34. The minimum Gasteiger partial charge on any atom is -0.463 e. The van der Waals surface area contributed by atoms with Gasteiger partial charge in [-0.2, -0.15) is 0 Å². The number of hydrogen-bond donors (Lipinski definition) is 0. The second-order valence-electron chi connectivity index (χ2n) is 2.99. The highest BCUT2D eigenvalue weighted by molar-refractivity contribution is 5.82. The number of esters is 2. The van der Waals surface area contributed by atoms with Crippen LogP contribution < -0.4 is 0 Å². The van der Waals surface area contributed by atoms with E-state index in [0.717, 1.165) is 0 Å². The van der Waals surface area contributed by atoms with Crippen molar-refractivity contribution in [2.75, 3.05) is 13.2 Å². The minimum atomic E-state index is -0.367. The molecule has 18 heavy (non-hydrogen) atoms. The summed E-state index contributed by atoms with van der Waals surface area (Å²) in [6, 6.07) is 0. The van der Waals surface area contributed by atoms with Gasteiger partial charge in [0.15, 0.2) is 0 Å². The summed E-state index contributed by atoms with van der Waals surface area (Å²) in [5.41, 5.74) is 0. The zero-order chi connectivity index (χ0) is 13.6. The Hall–Kier alpha value is -2.10. The molecule has 0 aromatic carbocycles. The molecule has 0 unspecified atom stereocenters. The van der Waals surface area contributed by atoms with Gasteiger partial charge < -0.3 is 9.47 Å². The largest absolute Gasteiger partial charge is 0.463 e. The Morgan fingerprint density at radius 3 is 1.39 bits per heavy atom. The van der Waals surface area contributed by atoms with Crippen molar-refractivity contribution < 1.29 is 19.1 Å². The van der Waals surface area contributed by atoms with Crippen molar-refractivity contribution in [3.63, 3.8) is 0 Å². The first-order valence-corrected chi connectivity index (χ1v) is 5.72. The third-order valence-electron chi connectivity index (χ3n) is 1.59. The van der Waals surface area contributed by atoms with Crippen molar-refractivity contribution in [2.45, 2.75) is 13.8 Å². The third-order valence-corrected chi connectivity index (χ3v) is 1.59. The van der Waals surface area contributed by atoms with Crippen LogP contribution in [0.3, 0.4) is 0 Å². The summed E-state index contributed by atoms with van der Waals surface area (Å²) in [4.78, 5) is 21.8. The lowest BCUT2D eigenvalue weighted by atomic mass is 10.4. The van der Waals surface area contributed by atoms with Gasteiger partial charge in [0.05, 0.1) is 13.2 Å². The van der Waals surface area contributed by atoms with Gasteiger partial charge in [0.2, 0.25) is 0 Å². The second-order valence-corrected chi connectivity index (χ2v) is 2.99. The van der Waals surface area contributed by atoms with E-state index in [1.54, 1.807) is 50.3 Å². The normalized spacial score (nSPS) is 11.9. The van der Waals surface area contributed by atoms with Gasteiger partial charge in [-0.05, 0) is 13.8 Å². The van der Waals surface area contributed by atoms with Crippen molar-refractivity contribution in [1.29, 1.82) is 0 Å². The number of rotatable bonds is 7. The van der Waals surface area contributed by atoms with E-state index in [4.69, 9.17) is 9.47 Å². The van der Waals surface area contributed by atoms with Crippen LogP contribution in [0.15, 0.2) is 48.6 Å². The van der Waals surface area contributed by atoms with E-state index in [9.17, 15) is 9.59 Å². The third kappa shape index (κ3) is 10.4. The minimum absolute atomic E-state index is 0.367. The van der Waals surface area contributed by atoms with Crippen LogP contribution in [-0.2, 0) is 19.1 Å². The van der Waals surface area contributed by atoms with Crippen molar-refractivity contribution in [3.8, 4) is 0 Å². The number of carbonyl (C=O) groups excluding carboxylic acids is 2. The fourth-order valence-corrected chi connectivity index (χ4v) is 0.906. The number of carbonyl (C=O) groups is 2. The van der Waals surface area contributed by atoms with Gasteiger partial charge in [-0.1, -0.05) is 36.5 Å². The van der Waals surface area contributed by atoms with Crippen LogP contribution in [0.4, 0.5) is 0 Å². The van der Waals surface area contributed by atoms with Crippen LogP contribution in [0.2, 0.25) is 0 Å². The molecule has 0 radical (unpaired) electrons. The quantitative estimate of drug-likeness (QED) is 0.395. The predicted molar refractivity (Wildman–Crippen MR) is 69.8 cm³/mol. The Kier molecular flexibility index (Phi) is 10.1. The molecule has 0 atom stereocenters. The molecule has 0 saturated heterocycles. The van der Waals surface area contributed by atoms with Gasteiger partial charge in [0, 0.05) is 12.2 Å². The van der Waals surface area contributed by atoms with Crippen molar-refractivity contribution in [3.05, 3.63) is 48.6 Å². The van der Waals surface area contributed by atoms with Crippen LogP contribution in [0, 0.1) is 0 Å². The molecule has 0 fully saturated rings. The summed E-state index contributed by atoms with van der Waals surface area (Å²) < 4.78 is 9.39. The zero-order valence-electron chi connectivity index (χ0n) is 10.7. The second kappa shape index (κ2) is 11.4. The molecule has 4 heteroatoms. The van der Waals surface area contributed by atoms with E-state index < -0.39 is 0 Å². The molecule has 0 aliphatic carbocycles. The Morgan fingerprint density at radius 2 is 1.06 bits per heavy atom. The average Bonchev–Trinajstić information content (AvgIpc) is 2.33. The molecule has 0 rings (SSSR count). The van der Waals surface area contributed by atoms with Crippen LogP contribution in [0.25, 0.3) is 0 Å². The van der Waals surface area contributed by atoms with Crippen LogP contribution in [-0.4, -0.2) is 25.2 Å². The highest BCUT2D eigenvalue weighted by Crippen LogP contribution is 1.86. The zero-order valence-corrected chi connectivity index (χ0v) is 10.7. The first-order chi connectivity index (χ1) is 8.70. The average molecular weight is 250 g/mol. The first-order valence-electron chi connectivity index (χ1n) is 5.72. The molecule has 0 bridgehead atoms.